The van der Waals surface area contributed by atoms with Crippen LogP contribution in [0.25, 0.3) is 0 Å². The van der Waals surface area contributed by atoms with E-state index in [-0.39, 0.29) is 0 Å². The maximum absolute atomic E-state index is 3.44. The van der Waals surface area contributed by atoms with E-state index in [0.29, 0.717) is 5.92 Å². The molecule has 0 aliphatic heterocycles. The van der Waals surface area contributed by atoms with Gasteiger partial charge in [-0.1, -0.05) is 62.9 Å². The summed E-state index contributed by atoms with van der Waals surface area (Å²) in [6.07, 6.45) is 8.45. The fourth-order valence-corrected chi connectivity index (χ4v) is 2.07. The number of hydrogen-bond acceptors (Lipinski definition) is 0. The van der Waals surface area contributed by atoms with E-state index >= 15 is 0 Å². The summed E-state index contributed by atoms with van der Waals surface area (Å²) < 4.78 is 0. The van der Waals surface area contributed by atoms with Crippen LogP contribution in [-0.2, 0) is 6.42 Å². The quantitative estimate of drug-likeness (QED) is 0.454. The molecule has 0 fully saturated rings. The molecule has 0 amide bonds. The second-order valence-corrected chi connectivity index (χ2v) is 4.91. The third kappa shape index (κ3) is 6.50. The van der Waals surface area contributed by atoms with Gasteiger partial charge < -0.3 is 0 Å². The molecular formula is C18H26. The number of unbranched alkanes of at least 4 members (excludes halogenated alkanes) is 2. The molecule has 18 heavy (non-hydrogen) atoms. The third-order valence-electron chi connectivity index (χ3n) is 3.32. The van der Waals surface area contributed by atoms with E-state index in [2.05, 4.69) is 56.0 Å². The predicted octanol–water partition coefficient (Wildman–Crippen LogP) is 5.23. The number of rotatable bonds is 7. The van der Waals surface area contributed by atoms with Gasteiger partial charge in [-0.15, -0.1) is 5.92 Å². The largest absolute Gasteiger partial charge is 0.103 e. The zero-order valence-corrected chi connectivity index (χ0v) is 11.9. The minimum Gasteiger partial charge on any atom is -0.103 e. The highest BCUT2D eigenvalue weighted by Gasteiger charge is 1.99. The molecule has 1 rings (SSSR count). The molecule has 0 saturated carbocycles. The minimum atomic E-state index is 0.627. The van der Waals surface area contributed by atoms with Crippen LogP contribution in [0.5, 0.6) is 0 Å². The molecule has 1 unspecified atom stereocenters. The Morgan fingerprint density at radius 3 is 2.50 bits per heavy atom. The van der Waals surface area contributed by atoms with Crippen molar-refractivity contribution in [1.82, 2.24) is 0 Å². The smallest absolute Gasteiger partial charge is 0.0200 e. The molecule has 0 aliphatic carbocycles. The Bertz CT molecular complexity index is 353. The zero-order chi connectivity index (χ0) is 13.1. The van der Waals surface area contributed by atoms with Crippen molar-refractivity contribution in [2.75, 3.05) is 0 Å². The van der Waals surface area contributed by atoms with Gasteiger partial charge in [-0.2, -0.15) is 0 Å². The minimum absolute atomic E-state index is 0.627. The topological polar surface area (TPSA) is 0 Å². The Morgan fingerprint density at radius 1 is 1.06 bits per heavy atom. The van der Waals surface area contributed by atoms with Crippen LogP contribution < -0.4 is 0 Å². The van der Waals surface area contributed by atoms with Gasteiger partial charge in [-0.3, -0.25) is 0 Å². The van der Waals surface area contributed by atoms with Gasteiger partial charge in [0.25, 0.3) is 0 Å². The van der Waals surface area contributed by atoms with E-state index in [1.807, 2.05) is 0 Å². The Balaban J connectivity index is 2.20. The van der Waals surface area contributed by atoms with Crippen LogP contribution in [0.1, 0.15) is 57.9 Å². The lowest BCUT2D eigenvalue weighted by Gasteiger charge is -2.05. The van der Waals surface area contributed by atoms with Crippen LogP contribution in [0.2, 0.25) is 0 Å². The molecule has 0 nitrogen and oxygen atoms in total. The van der Waals surface area contributed by atoms with Gasteiger partial charge in [0.15, 0.2) is 0 Å². The van der Waals surface area contributed by atoms with Crippen molar-refractivity contribution in [3.63, 3.8) is 0 Å². The SMILES string of the molecule is CCCCC(C#CCCCc1ccccc1)CC. The molecule has 1 atom stereocenters. The lowest BCUT2D eigenvalue weighted by molar-refractivity contribution is 0.555. The van der Waals surface area contributed by atoms with Gasteiger partial charge in [0.1, 0.15) is 0 Å². The van der Waals surface area contributed by atoms with Gasteiger partial charge in [0.2, 0.25) is 0 Å². The summed E-state index contributed by atoms with van der Waals surface area (Å²) in [4.78, 5) is 0. The molecule has 98 valence electrons. The Hall–Kier alpha value is -1.22. The summed E-state index contributed by atoms with van der Waals surface area (Å²) in [7, 11) is 0. The van der Waals surface area contributed by atoms with Gasteiger partial charge in [-0.05, 0) is 31.2 Å². The van der Waals surface area contributed by atoms with Gasteiger partial charge in [0.05, 0.1) is 0 Å². The van der Waals surface area contributed by atoms with Crippen LogP contribution in [0.15, 0.2) is 30.3 Å². The number of aryl methyl sites for hydroxylation is 1. The third-order valence-corrected chi connectivity index (χ3v) is 3.32. The summed E-state index contributed by atoms with van der Waals surface area (Å²) in [6, 6.07) is 10.7. The molecule has 0 heteroatoms. The highest BCUT2D eigenvalue weighted by molar-refractivity contribution is 5.15. The van der Waals surface area contributed by atoms with Crippen LogP contribution >= 0.6 is 0 Å². The molecule has 0 spiro atoms. The average molecular weight is 242 g/mol. The first-order chi connectivity index (χ1) is 8.86. The molecule has 1 aromatic rings. The second kappa shape index (κ2) is 9.77. The van der Waals surface area contributed by atoms with Crippen LogP contribution in [0.4, 0.5) is 0 Å². The van der Waals surface area contributed by atoms with Gasteiger partial charge in [0, 0.05) is 12.3 Å². The Morgan fingerprint density at radius 2 is 1.83 bits per heavy atom. The maximum Gasteiger partial charge on any atom is 0.0200 e. The lowest BCUT2D eigenvalue weighted by atomic mass is 9.99. The summed E-state index contributed by atoms with van der Waals surface area (Å²) >= 11 is 0. The second-order valence-electron chi connectivity index (χ2n) is 4.91. The van der Waals surface area contributed by atoms with Crippen molar-refractivity contribution in [3.05, 3.63) is 35.9 Å². The first-order valence-corrected chi connectivity index (χ1v) is 7.39. The molecular weight excluding hydrogens is 216 g/mol. The molecule has 0 N–H and O–H groups in total. The van der Waals surface area contributed by atoms with Crippen molar-refractivity contribution in [3.8, 4) is 11.8 Å². The predicted molar refractivity (Wildman–Crippen MR) is 80.5 cm³/mol. The number of benzene rings is 1. The van der Waals surface area contributed by atoms with E-state index < -0.39 is 0 Å². The van der Waals surface area contributed by atoms with E-state index in [1.54, 1.807) is 0 Å². The highest BCUT2D eigenvalue weighted by atomic mass is 14.0. The van der Waals surface area contributed by atoms with E-state index in [1.165, 1.54) is 37.7 Å². The Kier molecular flexibility index (Phi) is 8.06. The standard InChI is InChI=1S/C18H26/c1-3-5-12-17(4-2)13-8-6-9-14-18-15-10-7-11-16-18/h7,10-11,15-17H,3-6,9,12,14H2,1-2H3. The van der Waals surface area contributed by atoms with Gasteiger partial charge >= 0.3 is 0 Å². The van der Waals surface area contributed by atoms with Crippen molar-refractivity contribution in [1.29, 1.82) is 0 Å². The van der Waals surface area contributed by atoms with E-state index in [0.717, 1.165) is 12.8 Å². The van der Waals surface area contributed by atoms with Crippen molar-refractivity contribution < 1.29 is 0 Å². The summed E-state index contributed by atoms with van der Waals surface area (Å²) in [5.74, 6) is 7.43. The van der Waals surface area contributed by atoms with Crippen LogP contribution in [0, 0.1) is 17.8 Å². The van der Waals surface area contributed by atoms with E-state index in [4.69, 9.17) is 0 Å². The molecule has 0 saturated heterocycles. The molecule has 0 aromatic heterocycles. The summed E-state index contributed by atoms with van der Waals surface area (Å²) in [5.41, 5.74) is 1.43. The van der Waals surface area contributed by atoms with Crippen LogP contribution in [0.3, 0.4) is 0 Å². The fraction of sp³-hybridized carbons (Fsp3) is 0.556. The fourth-order valence-electron chi connectivity index (χ4n) is 2.07. The number of hydrogen-bond donors (Lipinski definition) is 0. The first kappa shape index (κ1) is 14.8. The Labute approximate surface area is 113 Å². The molecule has 0 aliphatic rings. The van der Waals surface area contributed by atoms with Crippen molar-refractivity contribution in [2.24, 2.45) is 5.92 Å². The summed E-state index contributed by atoms with van der Waals surface area (Å²) in [6.45, 7) is 4.50. The molecule has 0 bridgehead atoms. The van der Waals surface area contributed by atoms with E-state index in [9.17, 15) is 0 Å². The van der Waals surface area contributed by atoms with Crippen molar-refractivity contribution >= 4 is 0 Å². The van der Waals surface area contributed by atoms with Gasteiger partial charge in [-0.25, -0.2) is 0 Å². The molecule has 0 heterocycles. The zero-order valence-electron chi connectivity index (χ0n) is 11.9. The lowest BCUT2D eigenvalue weighted by Crippen LogP contribution is -1.94. The monoisotopic (exact) mass is 242 g/mol. The molecule has 1 aromatic carbocycles. The average Bonchev–Trinajstić information content (AvgIpc) is 2.43. The highest BCUT2D eigenvalue weighted by Crippen LogP contribution is 2.11. The van der Waals surface area contributed by atoms with Crippen LogP contribution in [-0.4, -0.2) is 0 Å². The molecule has 0 radical (unpaired) electrons. The normalized spacial score (nSPS) is 11.7. The summed E-state index contributed by atoms with van der Waals surface area (Å²) in [5, 5.41) is 0. The van der Waals surface area contributed by atoms with Crippen molar-refractivity contribution in [2.45, 2.75) is 58.8 Å². The maximum atomic E-state index is 3.44. The first-order valence-electron chi connectivity index (χ1n) is 7.39.